The van der Waals surface area contributed by atoms with Crippen LogP contribution in [0.1, 0.15) is 51.0 Å². The van der Waals surface area contributed by atoms with Crippen LogP contribution in [-0.2, 0) is 0 Å². The summed E-state index contributed by atoms with van der Waals surface area (Å²) < 4.78 is 14.0. The fraction of sp³-hybridized carbons (Fsp3) is 0.500. The molecule has 0 unspecified atom stereocenters. The average molecular weight is 352 g/mol. The number of halogens is 2. The minimum absolute atomic E-state index is 0.0512. The Hall–Kier alpha value is -1.59. The number of benzene rings is 1. The first-order chi connectivity index (χ1) is 11.1. The van der Waals surface area contributed by atoms with Crippen LogP contribution >= 0.6 is 11.6 Å². The summed E-state index contributed by atoms with van der Waals surface area (Å²) in [7, 11) is 0. The SMILES string of the molecule is CC1(C)CC(NC(=O)c2cc3c(F)c(Cl)ccc3[nH]2)CC(C)(C)N1. The van der Waals surface area contributed by atoms with Gasteiger partial charge in [-0.1, -0.05) is 11.6 Å². The highest BCUT2D eigenvalue weighted by molar-refractivity contribution is 6.31. The lowest BCUT2D eigenvalue weighted by atomic mass is 9.79. The molecule has 1 saturated heterocycles. The molecular weight excluding hydrogens is 329 g/mol. The maximum Gasteiger partial charge on any atom is 0.267 e. The maximum absolute atomic E-state index is 14.0. The molecular formula is C18H23ClFN3O. The average Bonchev–Trinajstić information content (AvgIpc) is 2.84. The molecule has 1 aromatic heterocycles. The fourth-order valence-corrected chi connectivity index (χ4v) is 4.12. The van der Waals surface area contributed by atoms with E-state index in [0.29, 0.717) is 16.6 Å². The van der Waals surface area contributed by atoms with Crippen molar-refractivity contribution >= 4 is 28.4 Å². The molecule has 1 amide bonds. The van der Waals surface area contributed by atoms with Gasteiger partial charge in [-0.25, -0.2) is 4.39 Å². The number of carbonyl (C=O) groups is 1. The summed E-state index contributed by atoms with van der Waals surface area (Å²) in [6.07, 6.45) is 1.67. The second-order valence-corrected chi connectivity index (χ2v) is 8.38. The molecule has 6 heteroatoms. The zero-order valence-corrected chi connectivity index (χ0v) is 15.1. The summed E-state index contributed by atoms with van der Waals surface area (Å²) >= 11 is 5.80. The fourth-order valence-electron chi connectivity index (χ4n) is 3.95. The van der Waals surface area contributed by atoms with Gasteiger partial charge in [0.15, 0.2) is 5.82 Å². The monoisotopic (exact) mass is 351 g/mol. The predicted octanol–water partition coefficient (Wildman–Crippen LogP) is 4.00. The highest BCUT2D eigenvalue weighted by Crippen LogP contribution is 2.29. The van der Waals surface area contributed by atoms with Crippen LogP contribution in [0.4, 0.5) is 4.39 Å². The first kappa shape index (κ1) is 17.2. The number of amides is 1. The summed E-state index contributed by atoms with van der Waals surface area (Å²) in [6, 6.07) is 4.73. The summed E-state index contributed by atoms with van der Waals surface area (Å²) in [5.41, 5.74) is 0.799. The minimum atomic E-state index is -0.506. The number of hydrogen-bond donors (Lipinski definition) is 3. The standard InChI is InChI=1S/C18H23ClFN3O/c1-17(2)8-10(9-18(3,4)23-17)21-16(24)14-7-11-13(22-14)6-5-12(19)15(11)20/h5-7,10,22-23H,8-9H2,1-4H3,(H,21,24). The van der Waals surface area contributed by atoms with Gasteiger partial charge in [-0.3, -0.25) is 4.79 Å². The Bertz CT molecular complexity index is 781. The zero-order chi connectivity index (χ0) is 17.7. The largest absolute Gasteiger partial charge is 0.350 e. The van der Waals surface area contributed by atoms with E-state index in [0.717, 1.165) is 12.8 Å². The van der Waals surface area contributed by atoms with Crippen molar-refractivity contribution in [2.75, 3.05) is 0 Å². The van der Waals surface area contributed by atoms with Crippen molar-refractivity contribution < 1.29 is 9.18 Å². The molecule has 0 aliphatic carbocycles. The third kappa shape index (κ3) is 3.42. The van der Waals surface area contributed by atoms with Crippen molar-refractivity contribution in [3.63, 3.8) is 0 Å². The van der Waals surface area contributed by atoms with Crippen molar-refractivity contribution in [3.8, 4) is 0 Å². The van der Waals surface area contributed by atoms with Crippen molar-refractivity contribution in [1.82, 2.24) is 15.6 Å². The molecule has 4 nitrogen and oxygen atoms in total. The van der Waals surface area contributed by atoms with Crippen LogP contribution in [0.2, 0.25) is 5.02 Å². The van der Waals surface area contributed by atoms with Crippen molar-refractivity contribution in [3.05, 3.63) is 34.7 Å². The first-order valence-corrected chi connectivity index (χ1v) is 8.51. The second-order valence-electron chi connectivity index (χ2n) is 7.98. The van der Waals surface area contributed by atoms with Gasteiger partial charge in [-0.2, -0.15) is 0 Å². The van der Waals surface area contributed by atoms with E-state index in [-0.39, 0.29) is 28.0 Å². The normalized spacial score (nSPS) is 20.2. The molecule has 3 N–H and O–H groups in total. The molecule has 24 heavy (non-hydrogen) atoms. The molecule has 1 aliphatic heterocycles. The topological polar surface area (TPSA) is 56.9 Å². The number of nitrogens with one attached hydrogen (secondary N) is 3. The van der Waals surface area contributed by atoms with Crippen LogP contribution in [0.15, 0.2) is 18.2 Å². The smallest absolute Gasteiger partial charge is 0.267 e. The van der Waals surface area contributed by atoms with Crippen LogP contribution < -0.4 is 10.6 Å². The number of aromatic amines is 1. The summed E-state index contributed by atoms with van der Waals surface area (Å²) in [6.45, 7) is 8.53. The van der Waals surface area contributed by atoms with E-state index in [1.165, 1.54) is 12.1 Å². The minimum Gasteiger partial charge on any atom is -0.350 e. The van der Waals surface area contributed by atoms with Gasteiger partial charge >= 0.3 is 0 Å². The van der Waals surface area contributed by atoms with Gasteiger partial charge in [0.25, 0.3) is 5.91 Å². The Morgan fingerprint density at radius 3 is 2.50 bits per heavy atom. The molecule has 2 aromatic rings. The van der Waals surface area contributed by atoms with Crippen LogP contribution in [0.25, 0.3) is 10.9 Å². The summed E-state index contributed by atoms with van der Waals surface area (Å²) in [5, 5.41) is 7.05. The van der Waals surface area contributed by atoms with Gasteiger partial charge in [0.05, 0.1) is 5.02 Å². The number of H-pyrrole nitrogens is 1. The van der Waals surface area contributed by atoms with Gasteiger partial charge < -0.3 is 15.6 Å². The number of carbonyl (C=O) groups excluding carboxylic acids is 1. The molecule has 3 rings (SSSR count). The Morgan fingerprint density at radius 2 is 1.88 bits per heavy atom. The molecule has 0 bridgehead atoms. The van der Waals surface area contributed by atoms with E-state index in [9.17, 15) is 9.18 Å². The number of rotatable bonds is 2. The first-order valence-electron chi connectivity index (χ1n) is 8.13. The highest BCUT2D eigenvalue weighted by atomic mass is 35.5. The lowest BCUT2D eigenvalue weighted by Gasteiger charge is -2.46. The molecule has 2 heterocycles. The van der Waals surface area contributed by atoms with Crippen LogP contribution in [0.5, 0.6) is 0 Å². The Kier molecular flexibility index (Phi) is 4.12. The van der Waals surface area contributed by atoms with E-state index in [1.807, 2.05) is 0 Å². The van der Waals surface area contributed by atoms with Crippen LogP contribution in [0, 0.1) is 5.82 Å². The number of piperidine rings is 1. The van der Waals surface area contributed by atoms with Crippen LogP contribution in [-0.4, -0.2) is 28.0 Å². The third-order valence-corrected chi connectivity index (χ3v) is 4.75. The van der Waals surface area contributed by atoms with E-state index in [1.54, 1.807) is 6.07 Å². The number of fused-ring (bicyclic) bond motifs is 1. The Balaban J connectivity index is 1.81. The molecule has 0 saturated carbocycles. The maximum atomic E-state index is 14.0. The van der Waals surface area contributed by atoms with Crippen molar-refractivity contribution in [2.24, 2.45) is 0 Å². The molecule has 1 aliphatic rings. The highest BCUT2D eigenvalue weighted by Gasteiger charge is 2.38. The van der Waals surface area contributed by atoms with E-state index < -0.39 is 5.82 Å². The lowest BCUT2D eigenvalue weighted by molar-refractivity contribution is 0.0869. The third-order valence-electron chi connectivity index (χ3n) is 4.46. The van der Waals surface area contributed by atoms with Gasteiger partial charge in [0, 0.05) is 28.0 Å². The van der Waals surface area contributed by atoms with E-state index in [4.69, 9.17) is 11.6 Å². The van der Waals surface area contributed by atoms with Gasteiger partial charge in [0.1, 0.15) is 5.69 Å². The van der Waals surface area contributed by atoms with Crippen LogP contribution in [0.3, 0.4) is 0 Å². The van der Waals surface area contributed by atoms with Gasteiger partial charge in [0.2, 0.25) is 0 Å². The molecule has 1 aromatic carbocycles. The van der Waals surface area contributed by atoms with Crippen molar-refractivity contribution in [1.29, 1.82) is 0 Å². The van der Waals surface area contributed by atoms with Gasteiger partial charge in [-0.05, 0) is 58.7 Å². The quantitative estimate of drug-likeness (QED) is 0.766. The zero-order valence-electron chi connectivity index (χ0n) is 14.4. The molecule has 130 valence electrons. The van der Waals surface area contributed by atoms with Crippen molar-refractivity contribution in [2.45, 2.75) is 57.7 Å². The Labute approximate surface area is 146 Å². The van der Waals surface area contributed by atoms with E-state index >= 15 is 0 Å². The van der Waals surface area contributed by atoms with Gasteiger partial charge in [-0.15, -0.1) is 0 Å². The molecule has 0 spiro atoms. The number of aromatic nitrogens is 1. The lowest BCUT2D eigenvalue weighted by Crippen LogP contribution is -2.62. The summed E-state index contributed by atoms with van der Waals surface area (Å²) in [5.74, 6) is -0.728. The molecule has 1 fully saturated rings. The van der Waals surface area contributed by atoms with E-state index in [2.05, 4.69) is 43.3 Å². The number of hydrogen-bond acceptors (Lipinski definition) is 2. The predicted molar refractivity (Wildman–Crippen MR) is 95.0 cm³/mol. The Morgan fingerprint density at radius 1 is 1.25 bits per heavy atom. The summed E-state index contributed by atoms with van der Waals surface area (Å²) in [4.78, 5) is 15.6. The second kappa shape index (κ2) is 5.74. The molecule has 0 atom stereocenters. The molecule has 0 radical (unpaired) electrons.